The number of aromatic nitrogens is 2. The van der Waals surface area contributed by atoms with Crippen LogP contribution in [0.25, 0.3) is 11.4 Å². The van der Waals surface area contributed by atoms with E-state index in [-0.39, 0.29) is 35.2 Å². The molecule has 0 radical (unpaired) electrons. The first kappa shape index (κ1) is 24.2. The molecule has 1 aromatic carbocycles. The number of ether oxygens (including phenoxy) is 1. The number of hydrogen-bond donors (Lipinski definition) is 0. The Morgan fingerprint density at radius 3 is 2.30 bits per heavy atom. The minimum absolute atomic E-state index is 0.0268. The van der Waals surface area contributed by atoms with Crippen molar-refractivity contribution in [2.75, 3.05) is 40.8 Å². The minimum atomic E-state index is -0.642. The molecule has 0 spiro atoms. The third kappa shape index (κ3) is 4.97. The molecule has 9 heteroatoms. The summed E-state index contributed by atoms with van der Waals surface area (Å²) in [5.74, 6) is -0.772. The molecule has 9 nitrogen and oxygen atoms in total. The Bertz CT molecular complexity index is 1040. The molecular formula is C24H31N5O4. The Morgan fingerprint density at radius 2 is 1.76 bits per heavy atom. The number of carbonyl (C=O) groups is 3. The maximum atomic E-state index is 13.7. The number of carbonyl (C=O) groups excluding carboxylic acids is 3. The van der Waals surface area contributed by atoms with Crippen molar-refractivity contribution in [3.05, 3.63) is 47.3 Å². The van der Waals surface area contributed by atoms with E-state index >= 15 is 0 Å². The van der Waals surface area contributed by atoms with Gasteiger partial charge in [-0.3, -0.25) is 4.79 Å². The molecule has 0 aliphatic carbocycles. The first-order valence-corrected chi connectivity index (χ1v) is 11.0. The lowest BCUT2D eigenvalue weighted by molar-refractivity contribution is 0.0525. The number of benzene rings is 1. The number of methoxy groups -OCH3 is 1. The van der Waals surface area contributed by atoms with Crippen LogP contribution in [0.15, 0.2) is 30.3 Å². The Kier molecular flexibility index (Phi) is 7.30. The minimum Gasteiger partial charge on any atom is -0.465 e. The third-order valence-corrected chi connectivity index (χ3v) is 5.65. The van der Waals surface area contributed by atoms with Crippen LogP contribution in [0, 0.1) is 0 Å². The van der Waals surface area contributed by atoms with E-state index in [9.17, 15) is 14.4 Å². The second kappa shape index (κ2) is 9.97. The first-order valence-electron chi connectivity index (χ1n) is 11.0. The van der Waals surface area contributed by atoms with E-state index in [0.29, 0.717) is 31.2 Å². The summed E-state index contributed by atoms with van der Waals surface area (Å²) in [6.07, 6.45) is 0. The molecule has 33 heavy (non-hydrogen) atoms. The van der Waals surface area contributed by atoms with Gasteiger partial charge in [0.25, 0.3) is 5.91 Å². The van der Waals surface area contributed by atoms with Crippen molar-refractivity contribution >= 4 is 17.9 Å². The fourth-order valence-corrected chi connectivity index (χ4v) is 3.90. The standard InChI is InChI=1S/C24H31N5O4/c1-15(2)19-18(23(31)33-6)20(26-21(25-19)17-10-8-7-9-11-17)22(30)28-12-13-29(16(3)14-28)24(32)27(4)5/h7-11,15-16H,12-14H2,1-6H3. The smallest absolute Gasteiger partial charge is 0.342 e. The number of hydrogen-bond acceptors (Lipinski definition) is 6. The number of urea groups is 1. The molecule has 2 aromatic rings. The topological polar surface area (TPSA) is 95.9 Å². The highest BCUT2D eigenvalue weighted by Gasteiger charge is 2.35. The molecule has 176 valence electrons. The molecule has 0 bridgehead atoms. The van der Waals surface area contributed by atoms with Gasteiger partial charge in [0.15, 0.2) is 5.82 Å². The van der Waals surface area contributed by atoms with Gasteiger partial charge in [0.05, 0.1) is 12.8 Å². The van der Waals surface area contributed by atoms with Gasteiger partial charge < -0.3 is 19.4 Å². The normalized spacial score (nSPS) is 16.0. The summed E-state index contributed by atoms with van der Waals surface area (Å²) in [7, 11) is 4.68. The SMILES string of the molecule is COC(=O)c1c(C(=O)N2CCN(C(=O)N(C)C)C(C)C2)nc(-c2ccccc2)nc1C(C)C. The van der Waals surface area contributed by atoms with Gasteiger partial charge in [0.2, 0.25) is 0 Å². The molecule has 1 fully saturated rings. The van der Waals surface area contributed by atoms with E-state index < -0.39 is 5.97 Å². The quantitative estimate of drug-likeness (QED) is 0.661. The maximum absolute atomic E-state index is 13.7. The van der Waals surface area contributed by atoms with Crippen molar-refractivity contribution in [1.82, 2.24) is 24.7 Å². The van der Waals surface area contributed by atoms with Gasteiger partial charge in [-0.2, -0.15) is 0 Å². The highest BCUT2D eigenvalue weighted by atomic mass is 16.5. The molecule has 0 N–H and O–H groups in total. The number of esters is 1. The molecule has 2 heterocycles. The Morgan fingerprint density at radius 1 is 1.09 bits per heavy atom. The number of nitrogens with zero attached hydrogens (tertiary/aromatic N) is 5. The van der Waals surface area contributed by atoms with Gasteiger partial charge in [-0.25, -0.2) is 19.6 Å². The van der Waals surface area contributed by atoms with Crippen LogP contribution < -0.4 is 0 Å². The second-order valence-corrected chi connectivity index (χ2v) is 8.64. The summed E-state index contributed by atoms with van der Waals surface area (Å²) in [4.78, 5) is 52.9. The van der Waals surface area contributed by atoms with Crippen molar-refractivity contribution in [2.24, 2.45) is 0 Å². The average molecular weight is 454 g/mol. The van der Waals surface area contributed by atoms with Crippen LogP contribution >= 0.6 is 0 Å². The molecule has 1 aliphatic heterocycles. The summed E-state index contributed by atoms with van der Waals surface area (Å²) in [5.41, 5.74) is 1.34. The molecule has 1 aliphatic rings. The Hall–Kier alpha value is -3.49. The van der Waals surface area contributed by atoms with Gasteiger partial charge in [0, 0.05) is 45.3 Å². The van der Waals surface area contributed by atoms with E-state index in [1.165, 1.54) is 12.0 Å². The van der Waals surface area contributed by atoms with Crippen LogP contribution in [0.4, 0.5) is 4.79 Å². The highest BCUT2D eigenvalue weighted by Crippen LogP contribution is 2.27. The zero-order chi connectivity index (χ0) is 24.3. The van der Waals surface area contributed by atoms with Gasteiger partial charge in [-0.1, -0.05) is 44.2 Å². The zero-order valence-electron chi connectivity index (χ0n) is 20.0. The van der Waals surface area contributed by atoms with E-state index in [0.717, 1.165) is 5.56 Å². The molecule has 1 aromatic heterocycles. The van der Waals surface area contributed by atoms with Gasteiger partial charge in [-0.15, -0.1) is 0 Å². The summed E-state index contributed by atoms with van der Waals surface area (Å²) in [5, 5.41) is 0. The van der Waals surface area contributed by atoms with Crippen LogP contribution in [0.2, 0.25) is 0 Å². The predicted octanol–water partition coefficient (Wildman–Crippen LogP) is 2.88. The number of piperazine rings is 1. The van der Waals surface area contributed by atoms with E-state index in [1.54, 1.807) is 23.9 Å². The molecule has 3 amide bonds. The van der Waals surface area contributed by atoms with E-state index in [4.69, 9.17) is 4.74 Å². The maximum Gasteiger partial charge on any atom is 0.342 e. The van der Waals surface area contributed by atoms with E-state index in [1.807, 2.05) is 51.1 Å². The largest absolute Gasteiger partial charge is 0.465 e. The third-order valence-electron chi connectivity index (χ3n) is 5.65. The second-order valence-electron chi connectivity index (χ2n) is 8.64. The van der Waals surface area contributed by atoms with Gasteiger partial charge in [0.1, 0.15) is 11.3 Å². The molecule has 3 rings (SSSR count). The van der Waals surface area contributed by atoms with Gasteiger partial charge >= 0.3 is 12.0 Å². The molecule has 1 atom stereocenters. The first-order chi connectivity index (χ1) is 15.6. The van der Waals surface area contributed by atoms with Crippen molar-refractivity contribution in [2.45, 2.75) is 32.7 Å². The summed E-state index contributed by atoms with van der Waals surface area (Å²) in [6, 6.07) is 9.06. The van der Waals surface area contributed by atoms with Crippen LogP contribution in [0.3, 0.4) is 0 Å². The van der Waals surface area contributed by atoms with Crippen molar-refractivity contribution in [1.29, 1.82) is 0 Å². The van der Waals surface area contributed by atoms with Crippen LogP contribution in [0.5, 0.6) is 0 Å². The Labute approximate surface area is 194 Å². The Balaban J connectivity index is 2.05. The number of amides is 3. The predicted molar refractivity (Wildman–Crippen MR) is 124 cm³/mol. The molecule has 1 saturated heterocycles. The monoisotopic (exact) mass is 453 g/mol. The fourth-order valence-electron chi connectivity index (χ4n) is 3.90. The fraction of sp³-hybridized carbons (Fsp3) is 0.458. The lowest BCUT2D eigenvalue weighted by Crippen LogP contribution is -2.57. The van der Waals surface area contributed by atoms with Crippen molar-refractivity contribution < 1.29 is 19.1 Å². The summed E-state index contributed by atoms with van der Waals surface area (Å²) < 4.78 is 5.00. The average Bonchev–Trinajstić information content (AvgIpc) is 2.82. The van der Waals surface area contributed by atoms with Gasteiger partial charge in [-0.05, 0) is 12.8 Å². The highest BCUT2D eigenvalue weighted by molar-refractivity contribution is 6.05. The molecule has 1 unspecified atom stereocenters. The van der Waals surface area contributed by atoms with Crippen LogP contribution in [-0.2, 0) is 4.74 Å². The number of rotatable bonds is 4. The van der Waals surface area contributed by atoms with Crippen molar-refractivity contribution in [3.8, 4) is 11.4 Å². The zero-order valence-corrected chi connectivity index (χ0v) is 20.0. The molecular weight excluding hydrogens is 422 g/mol. The van der Waals surface area contributed by atoms with Crippen LogP contribution in [-0.4, -0.2) is 89.5 Å². The summed E-state index contributed by atoms with van der Waals surface area (Å²) in [6.45, 7) is 6.78. The lowest BCUT2D eigenvalue weighted by Gasteiger charge is -2.40. The molecule has 0 saturated carbocycles. The van der Waals surface area contributed by atoms with E-state index in [2.05, 4.69) is 9.97 Å². The van der Waals surface area contributed by atoms with Crippen molar-refractivity contribution in [3.63, 3.8) is 0 Å². The van der Waals surface area contributed by atoms with Crippen LogP contribution in [0.1, 0.15) is 53.2 Å². The summed E-state index contributed by atoms with van der Waals surface area (Å²) >= 11 is 0. The lowest BCUT2D eigenvalue weighted by atomic mass is 10.00.